The SMILES string of the molecule is COCOc1cc(O)c2c(=O)cc(-c3ccccc3)oc2c1CC=C(C)C. The van der Waals surface area contributed by atoms with Crippen LogP contribution < -0.4 is 10.2 Å². The molecule has 1 N–H and O–H groups in total. The molecule has 0 fully saturated rings. The van der Waals surface area contributed by atoms with E-state index in [-0.39, 0.29) is 23.4 Å². The van der Waals surface area contributed by atoms with E-state index < -0.39 is 0 Å². The maximum Gasteiger partial charge on any atom is 0.197 e. The molecule has 0 aliphatic heterocycles. The minimum absolute atomic E-state index is 0.0232. The molecule has 0 radical (unpaired) electrons. The lowest BCUT2D eigenvalue weighted by Gasteiger charge is -2.14. The van der Waals surface area contributed by atoms with E-state index in [1.54, 1.807) is 0 Å². The van der Waals surface area contributed by atoms with Crippen molar-refractivity contribution < 1.29 is 19.0 Å². The highest BCUT2D eigenvalue weighted by Gasteiger charge is 2.19. The Morgan fingerprint density at radius 1 is 1.19 bits per heavy atom. The molecule has 0 atom stereocenters. The van der Waals surface area contributed by atoms with Gasteiger partial charge >= 0.3 is 0 Å². The van der Waals surface area contributed by atoms with Crippen LogP contribution in [-0.4, -0.2) is 19.0 Å². The number of aromatic hydroxyl groups is 1. The van der Waals surface area contributed by atoms with Gasteiger partial charge in [0.25, 0.3) is 0 Å². The smallest absolute Gasteiger partial charge is 0.197 e. The summed E-state index contributed by atoms with van der Waals surface area (Å²) < 4.78 is 16.7. The van der Waals surface area contributed by atoms with Crippen LogP contribution in [0.15, 0.2) is 63.3 Å². The van der Waals surface area contributed by atoms with E-state index in [0.29, 0.717) is 29.1 Å². The molecule has 1 heterocycles. The lowest BCUT2D eigenvalue weighted by atomic mass is 10.0. The molecule has 1 aromatic heterocycles. The Balaban J connectivity index is 2.30. The zero-order valence-electron chi connectivity index (χ0n) is 15.6. The van der Waals surface area contributed by atoms with E-state index in [4.69, 9.17) is 13.9 Å². The zero-order valence-corrected chi connectivity index (χ0v) is 15.6. The van der Waals surface area contributed by atoms with Crippen molar-refractivity contribution in [2.75, 3.05) is 13.9 Å². The summed E-state index contributed by atoms with van der Waals surface area (Å²) in [5, 5.41) is 10.5. The van der Waals surface area contributed by atoms with Crippen LogP contribution >= 0.6 is 0 Å². The molecule has 3 aromatic rings. The van der Waals surface area contributed by atoms with Gasteiger partial charge in [-0.05, 0) is 20.3 Å². The summed E-state index contributed by atoms with van der Waals surface area (Å²) in [7, 11) is 1.52. The van der Waals surface area contributed by atoms with Crippen LogP contribution in [0.1, 0.15) is 19.4 Å². The molecule has 0 saturated heterocycles. The Hall–Kier alpha value is -3.05. The van der Waals surface area contributed by atoms with Gasteiger partial charge in [-0.2, -0.15) is 0 Å². The number of hydrogen-bond donors (Lipinski definition) is 1. The lowest BCUT2D eigenvalue weighted by Crippen LogP contribution is -2.06. The molecule has 0 aliphatic rings. The number of ether oxygens (including phenoxy) is 2. The van der Waals surface area contributed by atoms with E-state index in [1.807, 2.05) is 50.3 Å². The number of methoxy groups -OCH3 is 1. The predicted octanol–water partition coefficient (Wildman–Crippen LogP) is 4.66. The molecule has 140 valence electrons. The fourth-order valence-corrected chi connectivity index (χ4v) is 2.84. The zero-order chi connectivity index (χ0) is 19.4. The van der Waals surface area contributed by atoms with Gasteiger partial charge in [0, 0.05) is 30.4 Å². The Morgan fingerprint density at radius 3 is 2.59 bits per heavy atom. The second-order valence-electron chi connectivity index (χ2n) is 6.45. The van der Waals surface area contributed by atoms with Crippen molar-refractivity contribution in [1.29, 1.82) is 0 Å². The maximum absolute atomic E-state index is 12.7. The number of hydrogen-bond acceptors (Lipinski definition) is 5. The van der Waals surface area contributed by atoms with Crippen LogP contribution in [0.3, 0.4) is 0 Å². The maximum atomic E-state index is 12.7. The highest BCUT2D eigenvalue weighted by molar-refractivity contribution is 5.89. The second-order valence-corrected chi connectivity index (χ2v) is 6.45. The summed E-state index contributed by atoms with van der Waals surface area (Å²) in [5.41, 5.74) is 2.62. The van der Waals surface area contributed by atoms with Gasteiger partial charge in [0.1, 0.15) is 28.2 Å². The topological polar surface area (TPSA) is 68.9 Å². The first-order valence-corrected chi connectivity index (χ1v) is 8.64. The molecule has 0 spiro atoms. The molecule has 0 saturated carbocycles. The molecule has 0 amide bonds. The van der Waals surface area contributed by atoms with Gasteiger partial charge in [-0.15, -0.1) is 0 Å². The highest BCUT2D eigenvalue weighted by Crippen LogP contribution is 2.36. The molecule has 0 unspecified atom stereocenters. The van der Waals surface area contributed by atoms with E-state index >= 15 is 0 Å². The standard InChI is InChI=1S/C22H22O5/c1-14(2)9-10-16-20(26-13-25-3)12-18(24)21-17(23)11-19(27-22(16)21)15-7-5-4-6-8-15/h4-9,11-12,24H,10,13H2,1-3H3. The van der Waals surface area contributed by atoms with E-state index in [1.165, 1.54) is 19.2 Å². The van der Waals surface area contributed by atoms with Crippen molar-refractivity contribution in [3.05, 3.63) is 69.9 Å². The number of phenols is 1. The number of allylic oxidation sites excluding steroid dienone is 2. The summed E-state index contributed by atoms with van der Waals surface area (Å²) in [6.45, 7) is 4.00. The van der Waals surface area contributed by atoms with Gasteiger partial charge in [0.05, 0.1) is 0 Å². The summed E-state index contributed by atoms with van der Waals surface area (Å²) in [6, 6.07) is 12.2. The predicted molar refractivity (Wildman–Crippen MR) is 105 cm³/mol. The van der Waals surface area contributed by atoms with Crippen LogP contribution in [0.5, 0.6) is 11.5 Å². The summed E-state index contributed by atoms with van der Waals surface area (Å²) in [5.74, 6) is 0.688. The van der Waals surface area contributed by atoms with Crippen molar-refractivity contribution in [3.8, 4) is 22.8 Å². The average Bonchev–Trinajstić information content (AvgIpc) is 2.65. The highest BCUT2D eigenvalue weighted by atomic mass is 16.7. The largest absolute Gasteiger partial charge is 0.507 e. The van der Waals surface area contributed by atoms with Gasteiger partial charge in [0.15, 0.2) is 12.2 Å². The minimum atomic E-state index is -0.302. The molecule has 3 rings (SSSR count). The first-order valence-electron chi connectivity index (χ1n) is 8.64. The molecule has 5 heteroatoms. The number of fused-ring (bicyclic) bond motifs is 1. The third-order valence-corrected chi connectivity index (χ3v) is 4.15. The van der Waals surface area contributed by atoms with Crippen molar-refractivity contribution >= 4 is 11.0 Å². The molecule has 27 heavy (non-hydrogen) atoms. The normalized spacial score (nSPS) is 10.8. The van der Waals surface area contributed by atoms with Crippen molar-refractivity contribution in [1.82, 2.24) is 0 Å². The van der Waals surface area contributed by atoms with E-state index in [2.05, 4.69) is 0 Å². The van der Waals surface area contributed by atoms with Crippen LogP contribution in [0.4, 0.5) is 0 Å². The van der Waals surface area contributed by atoms with E-state index in [9.17, 15) is 9.90 Å². The van der Waals surface area contributed by atoms with Crippen LogP contribution in [-0.2, 0) is 11.2 Å². The van der Waals surface area contributed by atoms with E-state index in [0.717, 1.165) is 11.1 Å². The number of benzene rings is 2. The fraction of sp³-hybridized carbons (Fsp3) is 0.227. The molecule has 0 bridgehead atoms. The Kier molecular flexibility index (Phi) is 5.62. The van der Waals surface area contributed by atoms with Gasteiger partial charge < -0.3 is 19.0 Å². The van der Waals surface area contributed by atoms with Crippen LogP contribution in [0.2, 0.25) is 0 Å². The quantitative estimate of drug-likeness (QED) is 0.508. The third-order valence-electron chi connectivity index (χ3n) is 4.15. The number of rotatable bonds is 6. The van der Waals surface area contributed by atoms with Crippen LogP contribution in [0, 0.1) is 0 Å². The molecular weight excluding hydrogens is 344 g/mol. The average molecular weight is 366 g/mol. The number of phenolic OH excluding ortho intramolecular Hbond substituents is 1. The van der Waals surface area contributed by atoms with Crippen molar-refractivity contribution in [2.45, 2.75) is 20.3 Å². The van der Waals surface area contributed by atoms with Gasteiger partial charge in [0.2, 0.25) is 0 Å². The Morgan fingerprint density at radius 2 is 1.93 bits per heavy atom. The van der Waals surface area contributed by atoms with Crippen LogP contribution in [0.25, 0.3) is 22.3 Å². The summed E-state index contributed by atoms with van der Waals surface area (Å²) in [6.07, 6.45) is 2.51. The Labute approximate surface area is 157 Å². The first-order chi connectivity index (χ1) is 13.0. The molecule has 5 nitrogen and oxygen atoms in total. The van der Waals surface area contributed by atoms with Gasteiger partial charge in [-0.3, -0.25) is 4.79 Å². The van der Waals surface area contributed by atoms with Gasteiger partial charge in [-0.25, -0.2) is 0 Å². The monoisotopic (exact) mass is 366 g/mol. The molecular formula is C22H22O5. The summed E-state index contributed by atoms with van der Waals surface area (Å²) in [4.78, 5) is 12.7. The molecule has 2 aromatic carbocycles. The fourth-order valence-electron chi connectivity index (χ4n) is 2.84. The van der Waals surface area contributed by atoms with Crippen molar-refractivity contribution in [2.24, 2.45) is 0 Å². The second kappa shape index (κ2) is 8.10. The van der Waals surface area contributed by atoms with Crippen molar-refractivity contribution in [3.63, 3.8) is 0 Å². The van der Waals surface area contributed by atoms with Gasteiger partial charge in [-0.1, -0.05) is 42.0 Å². The lowest BCUT2D eigenvalue weighted by molar-refractivity contribution is 0.0504. The Bertz CT molecular complexity index is 1030. The minimum Gasteiger partial charge on any atom is -0.507 e. The first kappa shape index (κ1) is 18.7. The molecule has 0 aliphatic carbocycles. The third kappa shape index (κ3) is 4.04. The summed E-state index contributed by atoms with van der Waals surface area (Å²) >= 11 is 0.